The summed E-state index contributed by atoms with van der Waals surface area (Å²) >= 11 is 11.8. The second-order valence-corrected chi connectivity index (χ2v) is 7.68. The van der Waals surface area contributed by atoms with Gasteiger partial charge < -0.3 is 5.32 Å². The average Bonchev–Trinajstić information content (AvgIpc) is 2.67. The molecule has 0 radical (unpaired) electrons. The molecule has 0 spiro atoms. The monoisotopic (exact) mass is 433 g/mol. The van der Waals surface area contributed by atoms with Gasteiger partial charge in [0.25, 0.3) is 5.91 Å². The highest BCUT2D eigenvalue weighted by atomic mass is 35.5. The molecular formula is C23H19Cl2F2NO. The fraction of sp³-hybridized carbons (Fsp3) is 0.174. The smallest absolute Gasteiger partial charge is 0.255 e. The van der Waals surface area contributed by atoms with Gasteiger partial charge in [0.2, 0.25) is 0 Å². The van der Waals surface area contributed by atoms with Crippen LogP contribution in [0.2, 0.25) is 10.0 Å². The van der Waals surface area contributed by atoms with Gasteiger partial charge in [-0.15, -0.1) is 0 Å². The lowest BCUT2D eigenvalue weighted by Crippen LogP contribution is -2.13. The minimum Gasteiger partial charge on any atom is -0.322 e. The Morgan fingerprint density at radius 1 is 0.931 bits per heavy atom. The van der Waals surface area contributed by atoms with Crippen molar-refractivity contribution >= 4 is 34.8 Å². The molecule has 1 N–H and O–H groups in total. The van der Waals surface area contributed by atoms with Crippen LogP contribution in [0.25, 0.3) is 0 Å². The number of benzene rings is 3. The first kappa shape index (κ1) is 21.3. The van der Waals surface area contributed by atoms with Gasteiger partial charge in [-0.25, -0.2) is 8.78 Å². The number of aryl methyl sites for hydroxylation is 1. The standard InChI is InChI=1S/C23H19Cl2F2NO/c1-14-10-18(26)7-9-22(14)28-23(29)17-5-2-15(3-6-17)11-19(27)12-16-4-8-20(24)21(25)13-16/h2-10,13,19H,11-12H2,1H3,(H,28,29). The molecule has 1 atom stereocenters. The zero-order valence-corrected chi connectivity index (χ0v) is 17.2. The highest BCUT2D eigenvalue weighted by Gasteiger charge is 2.12. The van der Waals surface area contributed by atoms with Crippen molar-refractivity contribution < 1.29 is 13.6 Å². The van der Waals surface area contributed by atoms with Crippen LogP contribution in [0.1, 0.15) is 27.0 Å². The predicted octanol–water partition coefficient (Wildman–Crippen LogP) is 6.82. The number of halogens is 4. The molecule has 29 heavy (non-hydrogen) atoms. The number of rotatable bonds is 6. The van der Waals surface area contributed by atoms with Crippen LogP contribution >= 0.6 is 23.2 Å². The van der Waals surface area contributed by atoms with Crippen molar-refractivity contribution in [1.29, 1.82) is 0 Å². The number of nitrogens with one attached hydrogen (secondary N) is 1. The number of hydrogen-bond donors (Lipinski definition) is 1. The summed E-state index contributed by atoms with van der Waals surface area (Å²) in [6.07, 6.45) is -0.642. The fourth-order valence-electron chi connectivity index (χ4n) is 3.00. The summed E-state index contributed by atoms with van der Waals surface area (Å²) < 4.78 is 27.6. The van der Waals surface area contributed by atoms with Gasteiger partial charge in [0, 0.05) is 24.1 Å². The van der Waals surface area contributed by atoms with Crippen LogP contribution in [0.3, 0.4) is 0 Å². The van der Waals surface area contributed by atoms with Gasteiger partial charge in [0.1, 0.15) is 12.0 Å². The second-order valence-electron chi connectivity index (χ2n) is 6.86. The van der Waals surface area contributed by atoms with Crippen LogP contribution in [-0.2, 0) is 12.8 Å². The molecule has 3 aromatic carbocycles. The van der Waals surface area contributed by atoms with Gasteiger partial charge in [-0.2, -0.15) is 0 Å². The summed E-state index contributed by atoms with van der Waals surface area (Å²) in [4.78, 5) is 12.4. The molecule has 0 bridgehead atoms. The van der Waals surface area contributed by atoms with Crippen molar-refractivity contribution in [1.82, 2.24) is 0 Å². The minimum atomic E-state index is -1.09. The molecule has 1 unspecified atom stereocenters. The van der Waals surface area contributed by atoms with Gasteiger partial charge in [-0.05, 0) is 66.1 Å². The molecular weight excluding hydrogens is 415 g/mol. The maximum atomic E-state index is 14.4. The second kappa shape index (κ2) is 9.38. The van der Waals surface area contributed by atoms with Crippen LogP contribution in [-0.4, -0.2) is 12.1 Å². The van der Waals surface area contributed by atoms with Crippen molar-refractivity contribution in [3.63, 3.8) is 0 Å². The number of hydrogen-bond acceptors (Lipinski definition) is 1. The van der Waals surface area contributed by atoms with Crippen LogP contribution in [0.15, 0.2) is 60.7 Å². The number of anilines is 1. The van der Waals surface area contributed by atoms with E-state index in [0.29, 0.717) is 26.9 Å². The van der Waals surface area contributed by atoms with Gasteiger partial charge in [-0.1, -0.05) is 41.4 Å². The molecule has 0 heterocycles. The summed E-state index contributed by atoms with van der Waals surface area (Å²) in [7, 11) is 0. The summed E-state index contributed by atoms with van der Waals surface area (Å²) in [6, 6.07) is 16.0. The molecule has 0 aliphatic heterocycles. The van der Waals surface area contributed by atoms with Crippen molar-refractivity contribution in [3.05, 3.63) is 98.8 Å². The highest BCUT2D eigenvalue weighted by molar-refractivity contribution is 6.42. The Kier molecular flexibility index (Phi) is 6.88. The maximum Gasteiger partial charge on any atom is 0.255 e. The third kappa shape index (κ3) is 5.78. The lowest BCUT2D eigenvalue weighted by Gasteiger charge is -2.11. The lowest BCUT2D eigenvalue weighted by atomic mass is 10.0. The minimum absolute atomic E-state index is 0.221. The van der Waals surface area contributed by atoms with Crippen molar-refractivity contribution in [2.45, 2.75) is 25.9 Å². The van der Waals surface area contributed by atoms with E-state index in [0.717, 1.165) is 11.1 Å². The van der Waals surface area contributed by atoms with Crippen molar-refractivity contribution in [2.24, 2.45) is 0 Å². The summed E-state index contributed by atoms with van der Waals surface area (Å²) in [5.74, 6) is -0.662. The number of alkyl halides is 1. The first-order valence-corrected chi connectivity index (χ1v) is 9.82. The Morgan fingerprint density at radius 3 is 2.24 bits per heavy atom. The molecule has 0 saturated carbocycles. The molecule has 150 valence electrons. The van der Waals surface area contributed by atoms with Gasteiger partial charge in [-0.3, -0.25) is 4.79 Å². The normalized spacial score (nSPS) is 11.9. The first-order chi connectivity index (χ1) is 13.8. The lowest BCUT2D eigenvalue weighted by molar-refractivity contribution is 0.102. The summed E-state index contributed by atoms with van der Waals surface area (Å²) in [5, 5.41) is 3.60. The molecule has 3 aromatic rings. The predicted molar refractivity (Wildman–Crippen MR) is 114 cm³/mol. The topological polar surface area (TPSA) is 29.1 Å². The van der Waals surface area contributed by atoms with E-state index in [4.69, 9.17) is 23.2 Å². The maximum absolute atomic E-state index is 14.4. The average molecular weight is 434 g/mol. The molecule has 2 nitrogen and oxygen atoms in total. The fourth-order valence-corrected chi connectivity index (χ4v) is 3.32. The van der Waals surface area contributed by atoms with E-state index in [1.165, 1.54) is 18.2 Å². The van der Waals surface area contributed by atoms with E-state index in [9.17, 15) is 13.6 Å². The van der Waals surface area contributed by atoms with E-state index in [2.05, 4.69) is 5.32 Å². The van der Waals surface area contributed by atoms with E-state index >= 15 is 0 Å². The van der Waals surface area contributed by atoms with Crippen LogP contribution in [0.4, 0.5) is 14.5 Å². The largest absolute Gasteiger partial charge is 0.322 e. The molecule has 0 fully saturated rings. The Labute approximate surface area is 178 Å². The SMILES string of the molecule is Cc1cc(F)ccc1NC(=O)c1ccc(CC(F)Cc2ccc(Cl)c(Cl)c2)cc1. The molecule has 1 amide bonds. The van der Waals surface area contributed by atoms with Crippen LogP contribution in [0, 0.1) is 12.7 Å². The van der Waals surface area contributed by atoms with E-state index in [1.807, 2.05) is 0 Å². The summed E-state index contributed by atoms with van der Waals surface area (Å²) in [6.45, 7) is 1.72. The Bertz CT molecular complexity index is 1020. The number of carbonyl (C=O) groups excluding carboxylic acids is 1. The number of amides is 1. The van der Waals surface area contributed by atoms with Crippen molar-refractivity contribution in [3.8, 4) is 0 Å². The van der Waals surface area contributed by atoms with Gasteiger partial charge in [0.15, 0.2) is 0 Å². The Morgan fingerprint density at radius 2 is 1.59 bits per heavy atom. The Hall–Kier alpha value is -2.43. The molecule has 3 rings (SSSR count). The molecule has 0 aliphatic carbocycles. The molecule has 0 saturated heterocycles. The zero-order valence-electron chi connectivity index (χ0n) is 15.7. The van der Waals surface area contributed by atoms with E-state index in [-0.39, 0.29) is 24.6 Å². The third-order valence-electron chi connectivity index (χ3n) is 4.55. The van der Waals surface area contributed by atoms with Gasteiger partial charge in [0.05, 0.1) is 10.0 Å². The van der Waals surface area contributed by atoms with Crippen molar-refractivity contribution in [2.75, 3.05) is 5.32 Å². The Balaban J connectivity index is 1.60. The molecule has 0 aromatic heterocycles. The van der Waals surface area contributed by atoms with Crippen LogP contribution in [0.5, 0.6) is 0 Å². The summed E-state index contributed by atoms with van der Waals surface area (Å²) in [5.41, 5.74) is 3.19. The first-order valence-electron chi connectivity index (χ1n) is 9.06. The zero-order chi connectivity index (χ0) is 21.0. The highest BCUT2D eigenvalue weighted by Crippen LogP contribution is 2.24. The number of carbonyl (C=O) groups is 1. The van der Waals surface area contributed by atoms with E-state index in [1.54, 1.807) is 49.4 Å². The van der Waals surface area contributed by atoms with Crippen LogP contribution < -0.4 is 5.32 Å². The van der Waals surface area contributed by atoms with E-state index < -0.39 is 6.17 Å². The third-order valence-corrected chi connectivity index (χ3v) is 5.29. The quantitative estimate of drug-likeness (QED) is 0.453. The van der Waals surface area contributed by atoms with Gasteiger partial charge >= 0.3 is 0 Å². The molecule has 6 heteroatoms. The molecule has 0 aliphatic rings.